The zero-order chi connectivity index (χ0) is 20.1. The third-order valence-electron chi connectivity index (χ3n) is 5.31. The first-order valence-electron chi connectivity index (χ1n) is 8.88. The number of nitrogens with one attached hydrogen (secondary N) is 1. The molecule has 5 nitrogen and oxygen atoms in total. The number of carbonyl (C=O) groups excluding carboxylic acids is 1. The standard InChI is InChI=1S/C20H20Cl2N2O3S/c21-14-5-12(6-15(22)9-14)13-7-16-18(11-1-3-28(26,27)4-2-11)10-24-19(16)17(8-13)20(23)25/h5-11,24,26-27H,1-4H2,(H2,23,25). The van der Waals surface area contributed by atoms with Crippen molar-refractivity contribution in [1.82, 2.24) is 4.98 Å². The van der Waals surface area contributed by atoms with E-state index in [1.54, 1.807) is 24.3 Å². The van der Waals surface area contributed by atoms with E-state index in [0.717, 1.165) is 22.1 Å². The van der Waals surface area contributed by atoms with E-state index in [1.165, 1.54) is 0 Å². The lowest BCUT2D eigenvalue weighted by Crippen LogP contribution is -2.19. The van der Waals surface area contributed by atoms with E-state index in [9.17, 15) is 13.9 Å². The number of hydrogen-bond acceptors (Lipinski definition) is 3. The average Bonchev–Trinajstić information content (AvgIpc) is 3.04. The molecule has 1 aliphatic heterocycles. The second-order valence-corrected chi connectivity index (χ2v) is 10.5. The first-order chi connectivity index (χ1) is 13.2. The number of carbonyl (C=O) groups is 1. The van der Waals surface area contributed by atoms with Crippen molar-refractivity contribution in [3.63, 3.8) is 0 Å². The molecule has 0 bridgehead atoms. The van der Waals surface area contributed by atoms with Gasteiger partial charge in [0.2, 0.25) is 0 Å². The van der Waals surface area contributed by atoms with Crippen molar-refractivity contribution in [2.45, 2.75) is 18.8 Å². The van der Waals surface area contributed by atoms with Crippen molar-refractivity contribution in [1.29, 1.82) is 0 Å². The van der Waals surface area contributed by atoms with Crippen LogP contribution in [0.2, 0.25) is 10.0 Å². The topological polar surface area (TPSA) is 99.3 Å². The molecule has 5 N–H and O–H groups in total. The van der Waals surface area contributed by atoms with Crippen LogP contribution in [-0.4, -0.2) is 31.5 Å². The molecule has 28 heavy (non-hydrogen) atoms. The summed E-state index contributed by atoms with van der Waals surface area (Å²) in [6, 6.07) is 8.98. The zero-order valence-electron chi connectivity index (χ0n) is 14.9. The second kappa shape index (κ2) is 7.28. The number of benzene rings is 2. The highest BCUT2D eigenvalue weighted by molar-refractivity contribution is 8.24. The molecule has 0 aliphatic carbocycles. The monoisotopic (exact) mass is 438 g/mol. The highest BCUT2D eigenvalue weighted by Crippen LogP contribution is 2.49. The van der Waals surface area contributed by atoms with Gasteiger partial charge in [-0.1, -0.05) is 23.2 Å². The summed E-state index contributed by atoms with van der Waals surface area (Å²) in [7, 11) is -2.46. The van der Waals surface area contributed by atoms with Crippen LogP contribution in [0.15, 0.2) is 36.5 Å². The Kier molecular flexibility index (Phi) is 5.10. The number of rotatable bonds is 3. The Balaban J connectivity index is 1.85. The quantitative estimate of drug-likeness (QED) is 0.411. The number of aromatic nitrogens is 1. The summed E-state index contributed by atoms with van der Waals surface area (Å²) in [5.74, 6) is 0.464. The molecule has 148 valence electrons. The summed E-state index contributed by atoms with van der Waals surface area (Å²) in [4.78, 5) is 15.3. The van der Waals surface area contributed by atoms with Crippen LogP contribution in [0.4, 0.5) is 0 Å². The minimum atomic E-state index is -2.46. The summed E-state index contributed by atoms with van der Waals surface area (Å²) < 4.78 is 19.8. The number of aromatic amines is 1. The van der Waals surface area contributed by atoms with Gasteiger partial charge in [-0.2, -0.15) is 10.6 Å². The number of amides is 1. The van der Waals surface area contributed by atoms with E-state index in [0.29, 0.717) is 45.5 Å². The Morgan fingerprint density at radius 1 is 1.04 bits per heavy atom. The Labute approximate surface area is 174 Å². The van der Waals surface area contributed by atoms with E-state index in [4.69, 9.17) is 28.9 Å². The minimum Gasteiger partial charge on any atom is -0.366 e. The van der Waals surface area contributed by atoms with E-state index >= 15 is 0 Å². The van der Waals surface area contributed by atoms with Crippen LogP contribution >= 0.6 is 33.8 Å². The number of hydrogen-bond donors (Lipinski definition) is 4. The predicted molar refractivity (Wildman–Crippen MR) is 117 cm³/mol. The van der Waals surface area contributed by atoms with Gasteiger partial charge in [0.05, 0.1) is 11.1 Å². The molecule has 0 saturated carbocycles. The van der Waals surface area contributed by atoms with Crippen LogP contribution in [0.1, 0.15) is 34.7 Å². The van der Waals surface area contributed by atoms with Gasteiger partial charge in [0.1, 0.15) is 0 Å². The molecule has 1 amide bonds. The lowest BCUT2D eigenvalue weighted by Gasteiger charge is -2.39. The average molecular weight is 439 g/mol. The maximum atomic E-state index is 12.1. The van der Waals surface area contributed by atoms with E-state index < -0.39 is 16.5 Å². The van der Waals surface area contributed by atoms with Crippen molar-refractivity contribution in [2.75, 3.05) is 11.5 Å². The SMILES string of the molecule is NC(=O)c1cc(-c2cc(Cl)cc(Cl)c2)cc2c(C3CCS(O)(O)CC3)c[nH]c12. The molecule has 3 aromatic rings. The molecule has 2 heterocycles. The van der Waals surface area contributed by atoms with Crippen molar-refractivity contribution < 1.29 is 13.9 Å². The first kappa shape index (κ1) is 19.6. The molecule has 8 heteroatoms. The first-order valence-corrected chi connectivity index (χ1v) is 11.5. The van der Waals surface area contributed by atoms with Gasteiger partial charge in [0.15, 0.2) is 0 Å². The fraction of sp³-hybridized carbons (Fsp3) is 0.250. The molecule has 1 aliphatic rings. The molecule has 4 rings (SSSR count). The molecule has 0 unspecified atom stereocenters. The van der Waals surface area contributed by atoms with E-state index in [2.05, 4.69) is 4.98 Å². The Morgan fingerprint density at radius 3 is 2.25 bits per heavy atom. The molecule has 1 aromatic heterocycles. The largest absolute Gasteiger partial charge is 0.366 e. The zero-order valence-corrected chi connectivity index (χ0v) is 17.2. The number of nitrogens with two attached hydrogens (primary N) is 1. The number of H-pyrrole nitrogens is 1. The van der Waals surface area contributed by atoms with Gasteiger partial charge < -0.3 is 10.7 Å². The summed E-state index contributed by atoms with van der Waals surface area (Å²) in [5.41, 5.74) is 9.38. The fourth-order valence-electron chi connectivity index (χ4n) is 3.89. The summed E-state index contributed by atoms with van der Waals surface area (Å²) in [6.45, 7) is 0. The molecule has 1 saturated heterocycles. The summed E-state index contributed by atoms with van der Waals surface area (Å²) in [6.07, 6.45) is 3.27. The van der Waals surface area contributed by atoms with Crippen molar-refractivity contribution in [3.05, 3.63) is 57.7 Å². The van der Waals surface area contributed by atoms with E-state index in [-0.39, 0.29) is 5.92 Å². The van der Waals surface area contributed by atoms with Crippen LogP contribution < -0.4 is 5.73 Å². The fourth-order valence-corrected chi connectivity index (χ4v) is 5.95. The van der Waals surface area contributed by atoms with Crippen LogP contribution in [0, 0.1) is 0 Å². The Morgan fingerprint density at radius 2 is 1.64 bits per heavy atom. The van der Waals surface area contributed by atoms with Gasteiger partial charge in [-0.05, 0) is 65.8 Å². The summed E-state index contributed by atoms with van der Waals surface area (Å²) in [5, 5.41) is 1.93. The predicted octanol–water partition coefficient (Wildman–Crippen LogP) is 5.87. The lowest BCUT2D eigenvalue weighted by atomic mass is 9.91. The van der Waals surface area contributed by atoms with E-state index in [1.807, 2.05) is 12.3 Å². The normalized spacial score (nSPS) is 18.3. The molecule has 2 aromatic carbocycles. The molecule has 0 spiro atoms. The van der Waals surface area contributed by atoms with Crippen LogP contribution in [0.25, 0.3) is 22.0 Å². The molecule has 0 atom stereocenters. The number of fused-ring (bicyclic) bond motifs is 1. The van der Waals surface area contributed by atoms with Crippen LogP contribution in [0.3, 0.4) is 0 Å². The van der Waals surface area contributed by atoms with Crippen molar-refractivity contribution in [2.24, 2.45) is 5.73 Å². The summed E-state index contributed by atoms with van der Waals surface area (Å²) >= 11 is 12.3. The van der Waals surface area contributed by atoms with Crippen LogP contribution in [-0.2, 0) is 0 Å². The third kappa shape index (κ3) is 3.75. The second-order valence-electron chi connectivity index (χ2n) is 7.20. The van der Waals surface area contributed by atoms with Gasteiger partial charge >= 0.3 is 0 Å². The minimum absolute atomic E-state index is 0.188. The van der Waals surface area contributed by atoms with Gasteiger partial charge in [-0.15, -0.1) is 0 Å². The van der Waals surface area contributed by atoms with Crippen molar-refractivity contribution >= 4 is 50.6 Å². The number of halogens is 2. The van der Waals surface area contributed by atoms with Crippen molar-refractivity contribution in [3.8, 4) is 11.1 Å². The maximum Gasteiger partial charge on any atom is 0.250 e. The highest BCUT2D eigenvalue weighted by Gasteiger charge is 2.27. The highest BCUT2D eigenvalue weighted by atomic mass is 35.5. The van der Waals surface area contributed by atoms with Gasteiger partial charge in [0.25, 0.3) is 5.91 Å². The smallest absolute Gasteiger partial charge is 0.250 e. The maximum absolute atomic E-state index is 12.1. The van der Waals surface area contributed by atoms with Gasteiger partial charge in [-0.3, -0.25) is 13.9 Å². The Bertz CT molecular complexity index is 1050. The van der Waals surface area contributed by atoms with Crippen LogP contribution in [0.5, 0.6) is 0 Å². The molecular formula is C20H20Cl2N2O3S. The molecule has 0 radical (unpaired) electrons. The number of primary amides is 1. The molecule has 1 fully saturated rings. The Hall–Kier alpha value is -1.70. The van der Waals surface area contributed by atoms with Gasteiger partial charge in [0, 0.05) is 33.1 Å². The lowest BCUT2D eigenvalue weighted by molar-refractivity contribution is 0.100. The third-order valence-corrected chi connectivity index (χ3v) is 7.52. The van der Waals surface area contributed by atoms with Gasteiger partial charge in [-0.25, -0.2) is 0 Å². The molecular weight excluding hydrogens is 419 g/mol.